The van der Waals surface area contributed by atoms with Gasteiger partial charge in [0, 0.05) is 37.1 Å². The number of nitrogens with zero attached hydrogens (tertiary/aromatic N) is 1. The highest BCUT2D eigenvalue weighted by atomic mass is 19.3. The number of benzene rings is 2. The molecule has 2 aromatic rings. The van der Waals surface area contributed by atoms with E-state index in [-0.39, 0.29) is 37.4 Å². The van der Waals surface area contributed by atoms with Crippen molar-refractivity contribution in [2.75, 3.05) is 20.2 Å². The van der Waals surface area contributed by atoms with Crippen molar-refractivity contribution in [2.45, 2.75) is 18.8 Å². The minimum Gasteiger partial charge on any atom is -0.496 e. The number of ether oxygens (including phenoxy) is 1. The van der Waals surface area contributed by atoms with Gasteiger partial charge in [0.05, 0.1) is 12.7 Å². The van der Waals surface area contributed by atoms with Gasteiger partial charge in [0.2, 0.25) is 0 Å². The maximum Gasteiger partial charge on any atom is 0.335 e. The molecule has 0 bridgehead atoms. The van der Waals surface area contributed by atoms with E-state index in [0.717, 1.165) is 0 Å². The molecule has 2 aromatic carbocycles. The summed E-state index contributed by atoms with van der Waals surface area (Å²) < 4.78 is 31.9. The van der Waals surface area contributed by atoms with E-state index in [2.05, 4.69) is 0 Å². The number of hydrogen-bond acceptors (Lipinski definition) is 3. The Labute approximate surface area is 155 Å². The van der Waals surface area contributed by atoms with Crippen molar-refractivity contribution >= 4 is 11.9 Å². The highest BCUT2D eigenvalue weighted by molar-refractivity contribution is 5.96. The summed E-state index contributed by atoms with van der Waals surface area (Å²) >= 11 is 0. The standard InChI is InChI=1S/C20H19F2NO4/c1-27-17-12-15(19(25)26)5-6-16(17)13-3-2-4-14(11-13)18(24)23-9-7-20(21,22)8-10-23/h2-6,11-12H,7-10H2,1H3,(H,25,26). The molecular weight excluding hydrogens is 356 g/mol. The fraction of sp³-hybridized carbons (Fsp3) is 0.300. The molecule has 0 saturated carbocycles. The molecule has 0 unspecified atom stereocenters. The van der Waals surface area contributed by atoms with Crippen LogP contribution >= 0.6 is 0 Å². The lowest BCUT2D eigenvalue weighted by Gasteiger charge is -2.31. The smallest absolute Gasteiger partial charge is 0.335 e. The van der Waals surface area contributed by atoms with Crippen molar-refractivity contribution in [1.82, 2.24) is 4.90 Å². The van der Waals surface area contributed by atoms with Crippen LogP contribution < -0.4 is 4.74 Å². The van der Waals surface area contributed by atoms with Crippen molar-refractivity contribution in [3.63, 3.8) is 0 Å². The second-order valence-corrected chi connectivity index (χ2v) is 6.45. The lowest BCUT2D eigenvalue weighted by molar-refractivity contribution is -0.0494. The number of carboxylic acid groups (broad SMARTS) is 1. The van der Waals surface area contributed by atoms with E-state index >= 15 is 0 Å². The summed E-state index contributed by atoms with van der Waals surface area (Å²) in [4.78, 5) is 25.2. The first kappa shape index (κ1) is 18.8. The van der Waals surface area contributed by atoms with Crippen LogP contribution in [0.5, 0.6) is 5.75 Å². The first-order valence-corrected chi connectivity index (χ1v) is 8.49. The van der Waals surface area contributed by atoms with Crippen molar-refractivity contribution < 1.29 is 28.2 Å². The average Bonchev–Trinajstić information content (AvgIpc) is 2.67. The number of carbonyl (C=O) groups excluding carboxylic acids is 1. The summed E-state index contributed by atoms with van der Waals surface area (Å²) in [6.45, 7) is 0.0411. The van der Waals surface area contributed by atoms with E-state index in [1.54, 1.807) is 30.3 Å². The minimum atomic E-state index is -2.71. The van der Waals surface area contributed by atoms with Gasteiger partial charge < -0.3 is 14.7 Å². The van der Waals surface area contributed by atoms with Gasteiger partial charge in [-0.3, -0.25) is 4.79 Å². The van der Waals surface area contributed by atoms with E-state index < -0.39 is 11.9 Å². The number of aromatic carboxylic acids is 1. The molecule has 1 fully saturated rings. The molecule has 0 radical (unpaired) electrons. The molecule has 3 rings (SSSR count). The Balaban J connectivity index is 1.88. The van der Waals surface area contributed by atoms with Crippen LogP contribution in [0.1, 0.15) is 33.6 Å². The van der Waals surface area contributed by atoms with Crippen molar-refractivity contribution in [3.05, 3.63) is 53.6 Å². The third kappa shape index (κ3) is 4.07. The first-order valence-electron chi connectivity index (χ1n) is 8.49. The molecule has 0 spiro atoms. The minimum absolute atomic E-state index is 0.0205. The van der Waals surface area contributed by atoms with Gasteiger partial charge in [-0.15, -0.1) is 0 Å². The Morgan fingerprint density at radius 1 is 1.07 bits per heavy atom. The Morgan fingerprint density at radius 3 is 2.41 bits per heavy atom. The molecule has 1 N–H and O–H groups in total. The first-order chi connectivity index (χ1) is 12.8. The topological polar surface area (TPSA) is 66.8 Å². The van der Waals surface area contributed by atoms with E-state index in [4.69, 9.17) is 9.84 Å². The maximum atomic E-state index is 13.3. The number of rotatable bonds is 4. The molecule has 142 valence electrons. The van der Waals surface area contributed by atoms with Crippen molar-refractivity contribution in [1.29, 1.82) is 0 Å². The van der Waals surface area contributed by atoms with Gasteiger partial charge in [0.25, 0.3) is 11.8 Å². The van der Waals surface area contributed by atoms with Crippen LogP contribution in [0.3, 0.4) is 0 Å². The normalized spacial score (nSPS) is 16.0. The number of carbonyl (C=O) groups is 2. The van der Waals surface area contributed by atoms with Gasteiger partial charge in [-0.05, 0) is 35.9 Å². The van der Waals surface area contributed by atoms with E-state index in [9.17, 15) is 18.4 Å². The van der Waals surface area contributed by atoms with Gasteiger partial charge in [0.15, 0.2) is 0 Å². The van der Waals surface area contributed by atoms with E-state index in [0.29, 0.717) is 22.4 Å². The number of piperidine rings is 1. The second kappa shape index (κ2) is 7.34. The van der Waals surface area contributed by atoms with Gasteiger partial charge in [-0.2, -0.15) is 0 Å². The van der Waals surface area contributed by atoms with E-state index in [1.807, 2.05) is 0 Å². The van der Waals surface area contributed by atoms with Gasteiger partial charge >= 0.3 is 5.97 Å². The molecule has 1 amide bonds. The number of alkyl halides is 2. The summed E-state index contributed by atoms with van der Waals surface area (Å²) in [7, 11) is 1.44. The lowest BCUT2D eigenvalue weighted by atomic mass is 9.99. The van der Waals surface area contributed by atoms with Crippen LogP contribution in [0, 0.1) is 0 Å². The predicted molar refractivity (Wildman–Crippen MR) is 95.5 cm³/mol. The second-order valence-electron chi connectivity index (χ2n) is 6.45. The number of hydrogen-bond donors (Lipinski definition) is 1. The number of halogens is 2. The molecule has 1 aliphatic rings. The molecular formula is C20H19F2NO4. The molecule has 1 saturated heterocycles. The maximum absolute atomic E-state index is 13.3. The fourth-order valence-corrected chi connectivity index (χ4v) is 3.10. The third-order valence-corrected chi connectivity index (χ3v) is 4.65. The number of amides is 1. The summed E-state index contributed by atoms with van der Waals surface area (Å²) in [6.07, 6.45) is -0.661. The molecule has 0 aliphatic carbocycles. The van der Waals surface area contributed by atoms with Gasteiger partial charge in [-0.1, -0.05) is 12.1 Å². The van der Waals surface area contributed by atoms with Crippen LogP contribution in [-0.2, 0) is 0 Å². The lowest BCUT2D eigenvalue weighted by Crippen LogP contribution is -2.42. The zero-order valence-electron chi connectivity index (χ0n) is 14.7. The molecule has 0 atom stereocenters. The number of methoxy groups -OCH3 is 1. The molecule has 7 heteroatoms. The molecule has 1 aliphatic heterocycles. The van der Waals surface area contributed by atoms with E-state index in [1.165, 1.54) is 24.1 Å². The van der Waals surface area contributed by atoms with Crippen molar-refractivity contribution in [2.24, 2.45) is 0 Å². The number of carboxylic acids is 1. The average molecular weight is 375 g/mol. The van der Waals surface area contributed by atoms with Crippen LogP contribution in [0.15, 0.2) is 42.5 Å². The van der Waals surface area contributed by atoms with Crippen LogP contribution in [-0.4, -0.2) is 48.0 Å². The van der Waals surface area contributed by atoms with Gasteiger partial charge in [0.1, 0.15) is 5.75 Å². The number of likely N-dealkylation sites (tertiary alicyclic amines) is 1. The molecule has 27 heavy (non-hydrogen) atoms. The Hall–Kier alpha value is -2.96. The Kier molecular flexibility index (Phi) is 5.12. The highest BCUT2D eigenvalue weighted by Gasteiger charge is 2.35. The zero-order chi connectivity index (χ0) is 19.6. The molecule has 5 nitrogen and oxygen atoms in total. The zero-order valence-corrected chi connectivity index (χ0v) is 14.7. The monoisotopic (exact) mass is 375 g/mol. The fourth-order valence-electron chi connectivity index (χ4n) is 3.10. The van der Waals surface area contributed by atoms with Crippen LogP contribution in [0.25, 0.3) is 11.1 Å². The SMILES string of the molecule is COc1cc(C(=O)O)ccc1-c1cccc(C(=O)N2CCC(F)(F)CC2)c1. The summed E-state index contributed by atoms with van der Waals surface area (Å²) in [5.74, 6) is -3.70. The molecule has 1 heterocycles. The summed E-state index contributed by atoms with van der Waals surface area (Å²) in [6, 6.07) is 11.3. The predicted octanol–water partition coefficient (Wildman–Crippen LogP) is 3.93. The summed E-state index contributed by atoms with van der Waals surface area (Å²) in [5.41, 5.74) is 1.80. The highest BCUT2D eigenvalue weighted by Crippen LogP contribution is 2.32. The van der Waals surface area contributed by atoms with Crippen molar-refractivity contribution in [3.8, 4) is 16.9 Å². The van der Waals surface area contributed by atoms with Crippen LogP contribution in [0.2, 0.25) is 0 Å². The summed E-state index contributed by atoms with van der Waals surface area (Å²) in [5, 5.41) is 9.11. The Morgan fingerprint density at radius 2 is 1.78 bits per heavy atom. The quantitative estimate of drug-likeness (QED) is 0.879. The molecule has 0 aromatic heterocycles. The third-order valence-electron chi connectivity index (χ3n) is 4.65. The van der Waals surface area contributed by atoms with Crippen LogP contribution in [0.4, 0.5) is 8.78 Å². The largest absolute Gasteiger partial charge is 0.496 e. The van der Waals surface area contributed by atoms with Gasteiger partial charge in [-0.25, -0.2) is 13.6 Å². The Bertz CT molecular complexity index is 872.